The van der Waals surface area contributed by atoms with Gasteiger partial charge in [0.2, 0.25) is 0 Å². The zero-order chi connectivity index (χ0) is 11.6. The van der Waals surface area contributed by atoms with Crippen LogP contribution in [-0.4, -0.2) is 38.1 Å². The second-order valence-corrected chi connectivity index (χ2v) is 6.23. The van der Waals surface area contributed by atoms with Crippen molar-refractivity contribution in [1.82, 2.24) is 10.2 Å². The fraction of sp³-hybridized carbons (Fsp3) is 1.00. The van der Waals surface area contributed by atoms with E-state index >= 15 is 0 Å². The lowest BCUT2D eigenvalue weighted by Gasteiger charge is -2.36. The average Bonchev–Trinajstić information content (AvgIpc) is 3.01. The van der Waals surface area contributed by atoms with Crippen LogP contribution in [0, 0.1) is 11.3 Å². The lowest BCUT2D eigenvalue weighted by molar-refractivity contribution is 0.133. The summed E-state index contributed by atoms with van der Waals surface area (Å²) in [6.45, 7) is 4.92. The highest BCUT2D eigenvalue weighted by molar-refractivity contribution is 4.92. The van der Waals surface area contributed by atoms with Crippen LogP contribution in [0.2, 0.25) is 0 Å². The smallest absolute Gasteiger partial charge is 0.00923 e. The third-order valence-electron chi connectivity index (χ3n) is 4.80. The van der Waals surface area contributed by atoms with Crippen molar-refractivity contribution in [2.75, 3.05) is 27.2 Å². The summed E-state index contributed by atoms with van der Waals surface area (Å²) in [7, 11) is 4.43. The minimum absolute atomic E-state index is 0.576. The summed E-state index contributed by atoms with van der Waals surface area (Å²) in [6.07, 6.45) is 8.65. The third kappa shape index (κ3) is 2.78. The normalized spacial score (nSPS) is 26.2. The summed E-state index contributed by atoms with van der Waals surface area (Å²) in [6, 6.07) is 0.800. The van der Waals surface area contributed by atoms with Gasteiger partial charge in [-0.2, -0.15) is 0 Å². The topological polar surface area (TPSA) is 15.3 Å². The van der Waals surface area contributed by atoms with E-state index in [4.69, 9.17) is 0 Å². The van der Waals surface area contributed by atoms with Gasteiger partial charge >= 0.3 is 0 Å². The molecule has 16 heavy (non-hydrogen) atoms. The van der Waals surface area contributed by atoms with Gasteiger partial charge in [-0.1, -0.05) is 12.8 Å². The van der Waals surface area contributed by atoms with Crippen LogP contribution in [0.25, 0.3) is 0 Å². The number of nitrogens with zero attached hydrogens (tertiary/aromatic N) is 1. The molecule has 0 aromatic rings. The van der Waals surface area contributed by atoms with Gasteiger partial charge < -0.3 is 10.2 Å². The molecule has 2 heteroatoms. The lowest BCUT2D eigenvalue weighted by Crippen LogP contribution is -2.44. The molecule has 0 bridgehead atoms. The molecule has 1 unspecified atom stereocenters. The molecule has 2 fully saturated rings. The third-order valence-corrected chi connectivity index (χ3v) is 4.80. The molecule has 94 valence electrons. The Labute approximate surface area is 101 Å². The first-order valence-electron chi connectivity index (χ1n) is 7.02. The summed E-state index contributed by atoms with van der Waals surface area (Å²) < 4.78 is 0. The van der Waals surface area contributed by atoms with Crippen LogP contribution in [0.3, 0.4) is 0 Å². The predicted octanol–water partition coefficient (Wildman–Crippen LogP) is 2.50. The maximum absolute atomic E-state index is 3.41. The van der Waals surface area contributed by atoms with Crippen LogP contribution in [0.1, 0.15) is 45.4 Å². The molecule has 1 atom stereocenters. The van der Waals surface area contributed by atoms with Crippen LogP contribution in [0.5, 0.6) is 0 Å². The molecule has 0 aliphatic heterocycles. The predicted molar refractivity (Wildman–Crippen MR) is 69.6 cm³/mol. The second-order valence-electron chi connectivity index (χ2n) is 6.23. The first-order chi connectivity index (χ1) is 7.67. The van der Waals surface area contributed by atoms with Gasteiger partial charge in [0, 0.05) is 19.1 Å². The highest BCUT2D eigenvalue weighted by atomic mass is 15.1. The molecule has 2 rings (SSSR count). The molecule has 0 radical (unpaired) electrons. The molecule has 0 aromatic heterocycles. The van der Waals surface area contributed by atoms with E-state index in [0.717, 1.165) is 12.0 Å². The SMILES string of the molecule is CNCC1(CN(C)C(C)C2CC2)CCCC1. The van der Waals surface area contributed by atoms with E-state index in [2.05, 4.69) is 31.2 Å². The van der Waals surface area contributed by atoms with Gasteiger partial charge in [0.25, 0.3) is 0 Å². The van der Waals surface area contributed by atoms with Crippen molar-refractivity contribution in [2.45, 2.75) is 51.5 Å². The molecule has 2 aliphatic carbocycles. The van der Waals surface area contributed by atoms with E-state index in [0.29, 0.717) is 5.41 Å². The van der Waals surface area contributed by atoms with Gasteiger partial charge in [0.15, 0.2) is 0 Å². The van der Waals surface area contributed by atoms with Crippen molar-refractivity contribution in [3.8, 4) is 0 Å². The molecule has 2 nitrogen and oxygen atoms in total. The van der Waals surface area contributed by atoms with E-state index in [9.17, 15) is 0 Å². The minimum atomic E-state index is 0.576. The first kappa shape index (κ1) is 12.4. The van der Waals surface area contributed by atoms with Crippen molar-refractivity contribution in [2.24, 2.45) is 11.3 Å². The van der Waals surface area contributed by atoms with Gasteiger partial charge in [0.05, 0.1) is 0 Å². The standard InChI is InChI=1S/C14H28N2/c1-12(13-6-7-13)16(3)11-14(10-15-2)8-4-5-9-14/h12-13,15H,4-11H2,1-3H3. The van der Waals surface area contributed by atoms with Crippen LogP contribution >= 0.6 is 0 Å². The number of hydrogen-bond acceptors (Lipinski definition) is 2. The van der Waals surface area contributed by atoms with Crippen molar-refractivity contribution in [3.05, 3.63) is 0 Å². The minimum Gasteiger partial charge on any atom is -0.319 e. The first-order valence-corrected chi connectivity index (χ1v) is 7.02. The lowest BCUT2D eigenvalue weighted by atomic mass is 9.85. The Kier molecular flexibility index (Phi) is 3.91. The molecule has 0 heterocycles. The summed E-state index contributed by atoms with van der Waals surface area (Å²) in [4.78, 5) is 2.63. The van der Waals surface area contributed by atoms with E-state index in [1.807, 2.05) is 0 Å². The molecule has 1 N–H and O–H groups in total. The zero-order valence-electron chi connectivity index (χ0n) is 11.3. The molecule has 2 saturated carbocycles. The summed E-state index contributed by atoms with van der Waals surface area (Å²) in [5, 5.41) is 3.41. The number of nitrogens with one attached hydrogen (secondary N) is 1. The van der Waals surface area contributed by atoms with Gasteiger partial charge in [-0.05, 0) is 58.0 Å². The summed E-state index contributed by atoms with van der Waals surface area (Å²) >= 11 is 0. The molecule has 0 amide bonds. The van der Waals surface area contributed by atoms with Crippen molar-refractivity contribution in [1.29, 1.82) is 0 Å². The maximum Gasteiger partial charge on any atom is 0.00923 e. The van der Waals surface area contributed by atoms with Crippen LogP contribution in [0.15, 0.2) is 0 Å². The van der Waals surface area contributed by atoms with Crippen molar-refractivity contribution < 1.29 is 0 Å². The van der Waals surface area contributed by atoms with Gasteiger partial charge in [0.1, 0.15) is 0 Å². The van der Waals surface area contributed by atoms with E-state index < -0.39 is 0 Å². The van der Waals surface area contributed by atoms with E-state index in [1.54, 1.807) is 0 Å². The van der Waals surface area contributed by atoms with Crippen molar-refractivity contribution >= 4 is 0 Å². The van der Waals surface area contributed by atoms with Crippen molar-refractivity contribution in [3.63, 3.8) is 0 Å². The van der Waals surface area contributed by atoms with Gasteiger partial charge in [-0.3, -0.25) is 0 Å². The highest BCUT2D eigenvalue weighted by Gasteiger charge is 2.37. The second kappa shape index (κ2) is 5.05. The summed E-state index contributed by atoms with van der Waals surface area (Å²) in [5.74, 6) is 0.998. The molecule has 0 spiro atoms. The maximum atomic E-state index is 3.41. The molecular weight excluding hydrogens is 196 g/mol. The monoisotopic (exact) mass is 224 g/mol. The van der Waals surface area contributed by atoms with E-state index in [-0.39, 0.29) is 0 Å². The Morgan fingerprint density at radius 3 is 2.44 bits per heavy atom. The van der Waals surface area contributed by atoms with Crippen LogP contribution in [-0.2, 0) is 0 Å². The largest absolute Gasteiger partial charge is 0.319 e. The number of rotatable bonds is 6. The Balaban J connectivity index is 1.88. The molecule has 2 aliphatic rings. The highest BCUT2D eigenvalue weighted by Crippen LogP contribution is 2.40. The quantitative estimate of drug-likeness (QED) is 0.746. The summed E-state index contributed by atoms with van der Waals surface area (Å²) in [5.41, 5.74) is 0.576. The fourth-order valence-corrected chi connectivity index (χ4v) is 3.50. The Bertz CT molecular complexity index is 217. The Morgan fingerprint density at radius 1 is 1.31 bits per heavy atom. The number of hydrogen-bond donors (Lipinski definition) is 1. The van der Waals surface area contributed by atoms with E-state index in [1.165, 1.54) is 51.6 Å². The molecule has 0 saturated heterocycles. The van der Waals surface area contributed by atoms with Crippen LogP contribution < -0.4 is 5.32 Å². The fourth-order valence-electron chi connectivity index (χ4n) is 3.50. The molecular formula is C14H28N2. The Morgan fingerprint density at radius 2 is 1.94 bits per heavy atom. The zero-order valence-corrected chi connectivity index (χ0v) is 11.3. The average molecular weight is 224 g/mol. The van der Waals surface area contributed by atoms with Gasteiger partial charge in [-0.25, -0.2) is 0 Å². The van der Waals surface area contributed by atoms with Gasteiger partial charge in [-0.15, -0.1) is 0 Å². The molecule has 0 aromatic carbocycles. The Hall–Kier alpha value is -0.0800. The van der Waals surface area contributed by atoms with Crippen LogP contribution in [0.4, 0.5) is 0 Å².